The molecule has 2 aromatic carbocycles. The summed E-state index contributed by atoms with van der Waals surface area (Å²) >= 11 is 0. The maximum atomic E-state index is 13.7. The van der Waals surface area contributed by atoms with Crippen LogP contribution in [0, 0.1) is 5.82 Å². The van der Waals surface area contributed by atoms with E-state index < -0.39 is 6.10 Å². The fourth-order valence-corrected chi connectivity index (χ4v) is 1.97. The van der Waals surface area contributed by atoms with Crippen molar-refractivity contribution in [3.8, 4) is 11.4 Å². The topological polar surface area (TPSA) is 59.2 Å². The second-order valence-electron chi connectivity index (χ2n) is 4.27. The number of rotatable bonds is 2. The molecular weight excluding hydrogens is 247 g/mol. The van der Waals surface area contributed by atoms with E-state index in [4.69, 9.17) is 4.52 Å². The summed E-state index contributed by atoms with van der Waals surface area (Å²) in [4.78, 5) is 4.11. The minimum atomic E-state index is -0.826. The van der Waals surface area contributed by atoms with E-state index in [2.05, 4.69) is 10.1 Å². The molecule has 1 unspecified atom stereocenters. The van der Waals surface area contributed by atoms with Crippen molar-refractivity contribution in [2.75, 3.05) is 0 Å². The second kappa shape index (κ2) is 4.44. The summed E-state index contributed by atoms with van der Waals surface area (Å²) < 4.78 is 18.7. The van der Waals surface area contributed by atoms with Crippen molar-refractivity contribution in [1.29, 1.82) is 0 Å². The molecule has 1 atom stereocenters. The molecule has 0 radical (unpaired) electrons. The summed E-state index contributed by atoms with van der Waals surface area (Å²) in [6.07, 6.45) is -0.826. The molecule has 1 N–H and O–H groups in total. The van der Waals surface area contributed by atoms with E-state index in [9.17, 15) is 9.50 Å². The summed E-state index contributed by atoms with van der Waals surface area (Å²) in [6.45, 7) is 1.54. The Balaban J connectivity index is 2.22. The first-order valence-electron chi connectivity index (χ1n) is 5.86. The lowest BCUT2D eigenvalue weighted by atomic mass is 10.0. The Morgan fingerprint density at radius 2 is 1.89 bits per heavy atom. The monoisotopic (exact) mass is 258 g/mol. The van der Waals surface area contributed by atoms with E-state index in [1.54, 1.807) is 31.2 Å². The van der Waals surface area contributed by atoms with Gasteiger partial charge in [0.15, 0.2) is 0 Å². The summed E-state index contributed by atoms with van der Waals surface area (Å²) in [7, 11) is 0. The fourth-order valence-electron chi connectivity index (χ4n) is 1.97. The lowest BCUT2D eigenvalue weighted by Gasteiger charge is -2.03. The largest absolute Gasteiger partial charge is 0.384 e. The van der Waals surface area contributed by atoms with Gasteiger partial charge in [-0.2, -0.15) is 4.98 Å². The SMILES string of the molecule is CC(O)c1nc(-c2ccc(F)c3ccccc23)no1. The van der Waals surface area contributed by atoms with Gasteiger partial charge in [-0.05, 0) is 24.4 Å². The smallest absolute Gasteiger partial charge is 0.255 e. The molecule has 0 saturated carbocycles. The van der Waals surface area contributed by atoms with Gasteiger partial charge < -0.3 is 9.63 Å². The van der Waals surface area contributed by atoms with Crippen molar-refractivity contribution < 1.29 is 14.0 Å². The zero-order valence-corrected chi connectivity index (χ0v) is 10.2. The third-order valence-corrected chi connectivity index (χ3v) is 2.91. The average molecular weight is 258 g/mol. The van der Waals surface area contributed by atoms with Gasteiger partial charge in [-0.3, -0.25) is 0 Å². The minimum absolute atomic E-state index is 0.142. The molecule has 5 heteroatoms. The van der Waals surface area contributed by atoms with Crippen molar-refractivity contribution >= 4 is 10.8 Å². The van der Waals surface area contributed by atoms with Crippen molar-refractivity contribution in [2.24, 2.45) is 0 Å². The van der Waals surface area contributed by atoms with Gasteiger partial charge in [-0.15, -0.1) is 0 Å². The van der Waals surface area contributed by atoms with Crippen LogP contribution in [0.25, 0.3) is 22.2 Å². The lowest BCUT2D eigenvalue weighted by Crippen LogP contribution is -1.91. The highest BCUT2D eigenvalue weighted by Gasteiger charge is 2.15. The number of hydrogen-bond donors (Lipinski definition) is 1. The quantitative estimate of drug-likeness (QED) is 0.767. The molecule has 0 amide bonds. The highest BCUT2D eigenvalue weighted by Crippen LogP contribution is 2.29. The van der Waals surface area contributed by atoms with Gasteiger partial charge in [-0.1, -0.05) is 29.4 Å². The van der Waals surface area contributed by atoms with Crippen LogP contribution in [0.5, 0.6) is 0 Å². The molecule has 0 saturated heterocycles. The van der Waals surface area contributed by atoms with Gasteiger partial charge in [0.25, 0.3) is 5.89 Å². The summed E-state index contributed by atoms with van der Waals surface area (Å²) in [5.41, 5.74) is 0.674. The van der Waals surface area contributed by atoms with Crippen LogP contribution in [0.4, 0.5) is 4.39 Å². The van der Waals surface area contributed by atoms with Gasteiger partial charge in [-0.25, -0.2) is 4.39 Å². The molecule has 0 fully saturated rings. The molecule has 0 bridgehead atoms. The summed E-state index contributed by atoms with van der Waals surface area (Å²) in [6, 6.07) is 10.1. The Kier molecular flexibility index (Phi) is 2.76. The van der Waals surface area contributed by atoms with E-state index in [0.717, 1.165) is 0 Å². The van der Waals surface area contributed by atoms with Crippen LogP contribution >= 0.6 is 0 Å². The number of benzene rings is 2. The normalized spacial score (nSPS) is 12.8. The van der Waals surface area contributed by atoms with Crippen molar-refractivity contribution in [3.63, 3.8) is 0 Å². The molecule has 96 valence electrons. The van der Waals surface area contributed by atoms with Gasteiger partial charge >= 0.3 is 0 Å². The van der Waals surface area contributed by atoms with Gasteiger partial charge in [0.1, 0.15) is 11.9 Å². The van der Waals surface area contributed by atoms with E-state index in [1.165, 1.54) is 6.07 Å². The number of halogens is 1. The fraction of sp³-hybridized carbons (Fsp3) is 0.143. The first-order chi connectivity index (χ1) is 9.16. The van der Waals surface area contributed by atoms with Crippen LogP contribution < -0.4 is 0 Å². The maximum Gasteiger partial charge on any atom is 0.255 e. The standard InChI is InChI=1S/C14H11FN2O2/c1-8(18)14-16-13(17-19-14)11-6-7-12(15)10-5-3-2-4-9(10)11/h2-8,18H,1H3. The Bertz CT molecular complexity index is 737. The van der Waals surface area contributed by atoms with E-state index in [-0.39, 0.29) is 11.7 Å². The first kappa shape index (κ1) is 11.8. The van der Waals surface area contributed by atoms with Crippen LogP contribution in [0.15, 0.2) is 40.9 Å². The molecule has 3 aromatic rings. The Morgan fingerprint density at radius 1 is 1.16 bits per heavy atom. The van der Waals surface area contributed by atoms with Gasteiger partial charge in [0, 0.05) is 10.9 Å². The van der Waals surface area contributed by atoms with Crippen LogP contribution in [0.1, 0.15) is 18.9 Å². The van der Waals surface area contributed by atoms with Crippen molar-refractivity contribution in [1.82, 2.24) is 10.1 Å². The first-order valence-corrected chi connectivity index (χ1v) is 5.86. The number of aliphatic hydroxyl groups is 1. The third-order valence-electron chi connectivity index (χ3n) is 2.91. The Hall–Kier alpha value is -2.27. The molecule has 4 nitrogen and oxygen atoms in total. The van der Waals surface area contributed by atoms with Crippen LogP contribution in [0.3, 0.4) is 0 Å². The minimum Gasteiger partial charge on any atom is -0.384 e. The average Bonchev–Trinajstić information content (AvgIpc) is 2.89. The Morgan fingerprint density at radius 3 is 2.58 bits per heavy atom. The van der Waals surface area contributed by atoms with E-state index in [1.807, 2.05) is 6.07 Å². The highest BCUT2D eigenvalue weighted by atomic mass is 19.1. The summed E-state index contributed by atoms with van der Waals surface area (Å²) in [5.74, 6) is 0.189. The number of fused-ring (bicyclic) bond motifs is 1. The molecular formula is C14H11FN2O2. The number of nitrogens with zero attached hydrogens (tertiary/aromatic N) is 2. The third kappa shape index (κ3) is 1.98. The number of aliphatic hydroxyl groups excluding tert-OH is 1. The number of hydrogen-bond acceptors (Lipinski definition) is 4. The van der Waals surface area contributed by atoms with Gasteiger partial charge in [0.2, 0.25) is 5.82 Å². The van der Waals surface area contributed by atoms with Crippen LogP contribution in [0.2, 0.25) is 0 Å². The lowest BCUT2D eigenvalue weighted by molar-refractivity contribution is 0.152. The van der Waals surface area contributed by atoms with E-state index in [0.29, 0.717) is 22.2 Å². The maximum absolute atomic E-state index is 13.7. The number of aromatic nitrogens is 2. The zero-order valence-electron chi connectivity index (χ0n) is 10.2. The van der Waals surface area contributed by atoms with Crippen LogP contribution in [-0.2, 0) is 0 Å². The molecule has 1 heterocycles. The Labute approximate surface area is 108 Å². The predicted molar refractivity (Wildman–Crippen MR) is 67.8 cm³/mol. The van der Waals surface area contributed by atoms with Gasteiger partial charge in [0.05, 0.1) is 0 Å². The van der Waals surface area contributed by atoms with Crippen LogP contribution in [-0.4, -0.2) is 15.2 Å². The summed E-state index contributed by atoms with van der Waals surface area (Å²) in [5, 5.41) is 14.4. The molecule has 0 spiro atoms. The molecule has 0 aliphatic rings. The zero-order chi connectivity index (χ0) is 13.4. The predicted octanol–water partition coefficient (Wildman–Crippen LogP) is 3.08. The second-order valence-corrected chi connectivity index (χ2v) is 4.27. The molecule has 0 aliphatic carbocycles. The molecule has 19 heavy (non-hydrogen) atoms. The van der Waals surface area contributed by atoms with Crippen molar-refractivity contribution in [3.05, 3.63) is 48.1 Å². The molecule has 1 aromatic heterocycles. The highest BCUT2D eigenvalue weighted by molar-refractivity contribution is 5.95. The van der Waals surface area contributed by atoms with E-state index >= 15 is 0 Å². The molecule has 0 aliphatic heterocycles. The molecule has 3 rings (SSSR count). The van der Waals surface area contributed by atoms with Crippen molar-refractivity contribution in [2.45, 2.75) is 13.0 Å².